The van der Waals surface area contributed by atoms with E-state index in [9.17, 15) is 0 Å². The standard InChI is InChI=1S/C35H26N4/c1-23-13-14-32(22-36-23)28-11-6-12-29(21-28)33-37-34(30-17-15-24-7-2-4-9-26(24)19-30)39-35(38-33)31-18-16-25-8-3-5-10-27(25)20-31/h2,4-7,9-22H,3,8H2,1H3. The van der Waals surface area contributed by atoms with Gasteiger partial charge in [0.15, 0.2) is 17.5 Å². The SMILES string of the molecule is Cc1ccc(-c2cccc(-c3nc(-c4ccc5c(c4)C=CCC5)nc(-c4ccc5ccccc5c4)n3)c2)cn1. The number of hydrogen-bond acceptors (Lipinski definition) is 4. The molecule has 39 heavy (non-hydrogen) atoms. The molecule has 0 aliphatic heterocycles. The van der Waals surface area contributed by atoms with Gasteiger partial charge in [0.25, 0.3) is 0 Å². The molecule has 0 radical (unpaired) electrons. The molecule has 6 aromatic rings. The Labute approximate surface area is 227 Å². The minimum absolute atomic E-state index is 0.651. The van der Waals surface area contributed by atoms with Gasteiger partial charge in [-0.15, -0.1) is 0 Å². The summed E-state index contributed by atoms with van der Waals surface area (Å²) in [4.78, 5) is 19.5. The van der Waals surface area contributed by atoms with E-state index in [2.05, 4.69) is 102 Å². The third kappa shape index (κ3) is 4.62. The van der Waals surface area contributed by atoms with E-state index in [4.69, 9.17) is 15.0 Å². The van der Waals surface area contributed by atoms with Gasteiger partial charge in [-0.25, -0.2) is 15.0 Å². The Morgan fingerprint density at radius 2 is 1.26 bits per heavy atom. The van der Waals surface area contributed by atoms with Gasteiger partial charge in [-0.05, 0) is 71.5 Å². The quantitative estimate of drug-likeness (QED) is 0.243. The maximum atomic E-state index is 5.00. The molecular formula is C35H26N4. The Morgan fingerprint density at radius 1 is 0.564 bits per heavy atom. The summed E-state index contributed by atoms with van der Waals surface area (Å²) in [5.74, 6) is 1.99. The Hall–Kier alpha value is -4.96. The molecule has 4 heteroatoms. The summed E-state index contributed by atoms with van der Waals surface area (Å²) in [6.07, 6.45) is 8.50. The van der Waals surface area contributed by atoms with Crippen molar-refractivity contribution in [2.45, 2.75) is 19.8 Å². The van der Waals surface area contributed by atoms with Crippen molar-refractivity contribution in [1.29, 1.82) is 0 Å². The van der Waals surface area contributed by atoms with Gasteiger partial charge in [0.1, 0.15) is 0 Å². The summed E-state index contributed by atoms with van der Waals surface area (Å²) in [7, 11) is 0. The number of hydrogen-bond donors (Lipinski definition) is 0. The lowest BCUT2D eigenvalue weighted by Gasteiger charge is -2.13. The van der Waals surface area contributed by atoms with Crippen LogP contribution in [0.3, 0.4) is 0 Å². The zero-order valence-electron chi connectivity index (χ0n) is 21.7. The predicted molar refractivity (Wildman–Crippen MR) is 159 cm³/mol. The zero-order valence-corrected chi connectivity index (χ0v) is 21.7. The lowest BCUT2D eigenvalue weighted by atomic mass is 9.95. The second-order valence-electron chi connectivity index (χ2n) is 9.99. The van der Waals surface area contributed by atoms with Crippen molar-refractivity contribution in [3.05, 3.63) is 126 Å². The molecule has 186 valence electrons. The van der Waals surface area contributed by atoms with Crippen molar-refractivity contribution in [3.8, 4) is 45.3 Å². The molecule has 0 bridgehead atoms. The number of aryl methyl sites for hydroxylation is 2. The van der Waals surface area contributed by atoms with Crippen LogP contribution in [0.25, 0.3) is 62.1 Å². The number of fused-ring (bicyclic) bond motifs is 2. The van der Waals surface area contributed by atoms with Crippen LogP contribution >= 0.6 is 0 Å². The van der Waals surface area contributed by atoms with Gasteiger partial charge in [0.05, 0.1) is 0 Å². The van der Waals surface area contributed by atoms with Gasteiger partial charge in [-0.1, -0.05) is 84.9 Å². The largest absolute Gasteiger partial charge is 0.261 e. The molecule has 4 aromatic carbocycles. The highest BCUT2D eigenvalue weighted by molar-refractivity contribution is 5.86. The van der Waals surface area contributed by atoms with Crippen LogP contribution in [0, 0.1) is 6.92 Å². The van der Waals surface area contributed by atoms with E-state index in [-0.39, 0.29) is 0 Å². The Morgan fingerprint density at radius 3 is 2.05 bits per heavy atom. The lowest BCUT2D eigenvalue weighted by Crippen LogP contribution is -2.01. The van der Waals surface area contributed by atoms with Gasteiger partial charge >= 0.3 is 0 Å². The number of rotatable bonds is 4. The van der Waals surface area contributed by atoms with Crippen molar-refractivity contribution in [3.63, 3.8) is 0 Å². The van der Waals surface area contributed by atoms with E-state index in [0.29, 0.717) is 17.5 Å². The first-order valence-electron chi connectivity index (χ1n) is 13.3. The van der Waals surface area contributed by atoms with Crippen molar-refractivity contribution in [1.82, 2.24) is 19.9 Å². The molecule has 1 aliphatic carbocycles. The number of allylic oxidation sites excluding steroid dienone is 1. The summed E-state index contributed by atoms with van der Waals surface area (Å²) in [6, 6.07) is 33.7. The highest BCUT2D eigenvalue weighted by Gasteiger charge is 2.15. The molecule has 2 heterocycles. The minimum atomic E-state index is 0.651. The summed E-state index contributed by atoms with van der Waals surface area (Å²) < 4.78 is 0. The van der Waals surface area contributed by atoms with Gasteiger partial charge in [0, 0.05) is 34.1 Å². The van der Waals surface area contributed by atoms with Crippen LogP contribution < -0.4 is 0 Å². The van der Waals surface area contributed by atoms with Gasteiger partial charge in [-0.3, -0.25) is 4.98 Å². The molecule has 1 aliphatic rings. The molecule has 0 spiro atoms. The molecule has 0 amide bonds. The van der Waals surface area contributed by atoms with Crippen LogP contribution in [0.2, 0.25) is 0 Å². The molecule has 0 N–H and O–H groups in total. The Kier molecular flexibility index (Phi) is 5.78. The highest BCUT2D eigenvalue weighted by Crippen LogP contribution is 2.31. The predicted octanol–water partition coefficient (Wildman–Crippen LogP) is 8.36. The van der Waals surface area contributed by atoms with Gasteiger partial charge < -0.3 is 0 Å². The maximum Gasteiger partial charge on any atom is 0.164 e. The Balaban J connectivity index is 1.39. The highest BCUT2D eigenvalue weighted by atomic mass is 15.0. The number of aromatic nitrogens is 4. The fourth-order valence-corrected chi connectivity index (χ4v) is 5.13. The Bertz CT molecular complexity index is 1870. The fourth-order valence-electron chi connectivity index (χ4n) is 5.13. The molecule has 4 nitrogen and oxygen atoms in total. The third-order valence-electron chi connectivity index (χ3n) is 7.29. The maximum absolute atomic E-state index is 5.00. The second kappa shape index (κ2) is 9.73. The van der Waals surface area contributed by atoms with E-state index >= 15 is 0 Å². The first-order chi connectivity index (χ1) is 19.2. The third-order valence-corrected chi connectivity index (χ3v) is 7.29. The number of benzene rings is 4. The van der Waals surface area contributed by atoms with E-state index in [0.717, 1.165) is 51.7 Å². The van der Waals surface area contributed by atoms with Gasteiger partial charge in [0.2, 0.25) is 0 Å². The van der Waals surface area contributed by atoms with Crippen LogP contribution in [0.4, 0.5) is 0 Å². The number of pyridine rings is 1. The molecule has 0 unspecified atom stereocenters. The van der Waals surface area contributed by atoms with E-state index in [1.165, 1.54) is 16.5 Å². The topological polar surface area (TPSA) is 51.6 Å². The molecular weight excluding hydrogens is 476 g/mol. The molecule has 0 atom stereocenters. The average molecular weight is 503 g/mol. The summed E-state index contributed by atoms with van der Waals surface area (Å²) in [5.41, 5.74) is 8.64. The van der Waals surface area contributed by atoms with Crippen LogP contribution in [0.15, 0.2) is 109 Å². The summed E-state index contributed by atoms with van der Waals surface area (Å²) in [6.45, 7) is 2.00. The normalized spacial score (nSPS) is 12.4. The molecule has 7 rings (SSSR count). The smallest absolute Gasteiger partial charge is 0.164 e. The van der Waals surface area contributed by atoms with Crippen LogP contribution in [0.1, 0.15) is 23.2 Å². The van der Waals surface area contributed by atoms with Crippen molar-refractivity contribution in [2.75, 3.05) is 0 Å². The van der Waals surface area contributed by atoms with Gasteiger partial charge in [-0.2, -0.15) is 0 Å². The fraction of sp³-hybridized carbons (Fsp3) is 0.0857. The molecule has 0 saturated carbocycles. The second-order valence-corrected chi connectivity index (χ2v) is 9.99. The summed E-state index contributed by atoms with van der Waals surface area (Å²) in [5, 5.41) is 2.35. The summed E-state index contributed by atoms with van der Waals surface area (Å²) >= 11 is 0. The van der Waals surface area contributed by atoms with E-state index in [1.54, 1.807) is 0 Å². The molecule has 0 fully saturated rings. The van der Waals surface area contributed by atoms with E-state index < -0.39 is 0 Å². The lowest BCUT2D eigenvalue weighted by molar-refractivity contribution is 0.985. The van der Waals surface area contributed by atoms with Crippen LogP contribution in [-0.2, 0) is 6.42 Å². The average Bonchev–Trinajstić information content (AvgIpc) is 3.01. The van der Waals surface area contributed by atoms with E-state index in [1.807, 2.05) is 25.3 Å². The first-order valence-corrected chi connectivity index (χ1v) is 13.3. The molecule has 2 aromatic heterocycles. The minimum Gasteiger partial charge on any atom is -0.261 e. The monoisotopic (exact) mass is 502 g/mol. The van der Waals surface area contributed by atoms with Crippen molar-refractivity contribution in [2.24, 2.45) is 0 Å². The van der Waals surface area contributed by atoms with Crippen molar-refractivity contribution < 1.29 is 0 Å². The number of nitrogens with zero attached hydrogens (tertiary/aromatic N) is 4. The zero-order chi connectivity index (χ0) is 26.2. The van der Waals surface area contributed by atoms with Crippen LogP contribution in [-0.4, -0.2) is 19.9 Å². The molecule has 0 saturated heterocycles. The van der Waals surface area contributed by atoms with Crippen molar-refractivity contribution >= 4 is 16.8 Å². The first kappa shape index (κ1) is 23.2. The van der Waals surface area contributed by atoms with Crippen LogP contribution in [0.5, 0.6) is 0 Å².